The SMILES string of the molecule is Nc1nc(-c2ccc(Br)cc2O)cn(C2CCCNC2)c1=O. The minimum absolute atomic E-state index is 0.0506. The first kappa shape index (κ1) is 15.1. The second-order valence-corrected chi connectivity index (χ2v) is 6.30. The van der Waals surface area contributed by atoms with Crippen LogP contribution in [0.5, 0.6) is 5.75 Å². The lowest BCUT2D eigenvalue weighted by molar-refractivity contribution is 0.364. The second kappa shape index (κ2) is 6.10. The summed E-state index contributed by atoms with van der Waals surface area (Å²) >= 11 is 3.30. The molecule has 1 aromatic carbocycles. The van der Waals surface area contributed by atoms with E-state index in [9.17, 15) is 9.90 Å². The van der Waals surface area contributed by atoms with Crippen LogP contribution in [-0.4, -0.2) is 27.7 Å². The van der Waals surface area contributed by atoms with E-state index in [2.05, 4.69) is 26.2 Å². The molecule has 1 unspecified atom stereocenters. The third-order valence-corrected chi connectivity index (χ3v) is 4.35. The van der Waals surface area contributed by atoms with Crippen LogP contribution in [0.25, 0.3) is 11.3 Å². The molecule has 1 aliphatic heterocycles. The fourth-order valence-electron chi connectivity index (χ4n) is 2.72. The number of rotatable bonds is 2. The van der Waals surface area contributed by atoms with Crippen LogP contribution in [0.15, 0.2) is 33.7 Å². The lowest BCUT2D eigenvalue weighted by Crippen LogP contribution is -2.37. The summed E-state index contributed by atoms with van der Waals surface area (Å²) in [5.41, 5.74) is 6.55. The number of nitrogens with one attached hydrogen (secondary N) is 1. The minimum Gasteiger partial charge on any atom is -0.507 e. The van der Waals surface area contributed by atoms with Crippen LogP contribution in [0, 0.1) is 0 Å². The van der Waals surface area contributed by atoms with Gasteiger partial charge in [0, 0.05) is 28.8 Å². The van der Waals surface area contributed by atoms with Gasteiger partial charge in [0.05, 0.1) is 5.69 Å². The Kier molecular flexibility index (Phi) is 4.17. The number of halogens is 1. The van der Waals surface area contributed by atoms with Gasteiger partial charge in [0.25, 0.3) is 5.56 Å². The Bertz CT molecular complexity index is 754. The van der Waals surface area contributed by atoms with Gasteiger partial charge in [-0.2, -0.15) is 0 Å². The van der Waals surface area contributed by atoms with Crippen molar-refractivity contribution >= 4 is 21.7 Å². The number of anilines is 1. The van der Waals surface area contributed by atoms with E-state index in [4.69, 9.17) is 5.73 Å². The van der Waals surface area contributed by atoms with E-state index in [1.54, 1.807) is 22.9 Å². The average Bonchev–Trinajstić information content (AvgIpc) is 2.51. The summed E-state index contributed by atoms with van der Waals surface area (Å²) in [6, 6.07) is 5.20. The molecule has 0 spiro atoms. The van der Waals surface area contributed by atoms with Crippen LogP contribution < -0.4 is 16.6 Å². The molecule has 2 aromatic rings. The maximum absolute atomic E-state index is 12.3. The molecule has 0 amide bonds. The van der Waals surface area contributed by atoms with Crippen molar-refractivity contribution in [1.82, 2.24) is 14.9 Å². The zero-order valence-electron chi connectivity index (χ0n) is 11.9. The Labute approximate surface area is 136 Å². The highest BCUT2D eigenvalue weighted by Gasteiger charge is 2.19. The number of benzene rings is 1. The fraction of sp³-hybridized carbons (Fsp3) is 0.333. The predicted molar refractivity (Wildman–Crippen MR) is 88.9 cm³/mol. The van der Waals surface area contributed by atoms with Crippen molar-refractivity contribution < 1.29 is 5.11 Å². The molecule has 0 radical (unpaired) electrons. The summed E-state index contributed by atoms with van der Waals surface area (Å²) in [6.07, 6.45) is 3.61. The predicted octanol–water partition coefficient (Wildman–Crippen LogP) is 1.89. The first-order valence-corrected chi connectivity index (χ1v) is 7.94. The molecule has 2 heterocycles. The zero-order valence-corrected chi connectivity index (χ0v) is 13.5. The van der Waals surface area contributed by atoms with Crippen molar-refractivity contribution in [3.63, 3.8) is 0 Å². The van der Waals surface area contributed by atoms with Gasteiger partial charge in [0.15, 0.2) is 5.82 Å². The maximum Gasteiger partial charge on any atom is 0.293 e. The van der Waals surface area contributed by atoms with E-state index < -0.39 is 0 Å². The van der Waals surface area contributed by atoms with E-state index in [0.717, 1.165) is 30.4 Å². The normalized spacial score (nSPS) is 18.3. The Hall–Kier alpha value is -1.86. The van der Waals surface area contributed by atoms with E-state index in [-0.39, 0.29) is 23.2 Å². The lowest BCUT2D eigenvalue weighted by atomic mass is 10.1. The van der Waals surface area contributed by atoms with Gasteiger partial charge in [-0.05, 0) is 37.6 Å². The Morgan fingerprint density at radius 3 is 2.95 bits per heavy atom. The average molecular weight is 365 g/mol. The number of hydrogen-bond acceptors (Lipinski definition) is 5. The molecule has 0 bridgehead atoms. The number of aromatic hydroxyl groups is 1. The molecule has 1 fully saturated rings. The molecule has 7 heteroatoms. The number of phenols is 1. The Balaban J connectivity index is 2.09. The molecule has 0 aliphatic carbocycles. The van der Waals surface area contributed by atoms with Crippen molar-refractivity contribution in [2.45, 2.75) is 18.9 Å². The summed E-state index contributed by atoms with van der Waals surface area (Å²) < 4.78 is 2.40. The zero-order chi connectivity index (χ0) is 15.7. The van der Waals surface area contributed by atoms with Crippen molar-refractivity contribution in [3.05, 3.63) is 39.2 Å². The van der Waals surface area contributed by atoms with Gasteiger partial charge in [-0.3, -0.25) is 4.79 Å². The van der Waals surface area contributed by atoms with Gasteiger partial charge in [0.1, 0.15) is 5.75 Å². The Morgan fingerprint density at radius 2 is 2.27 bits per heavy atom. The molecule has 3 rings (SSSR count). The third kappa shape index (κ3) is 2.86. The second-order valence-electron chi connectivity index (χ2n) is 5.39. The molecule has 4 N–H and O–H groups in total. The molecule has 22 heavy (non-hydrogen) atoms. The monoisotopic (exact) mass is 364 g/mol. The fourth-order valence-corrected chi connectivity index (χ4v) is 3.07. The van der Waals surface area contributed by atoms with E-state index in [1.807, 2.05) is 6.07 Å². The summed E-state index contributed by atoms with van der Waals surface area (Å²) in [4.78, 5) is 16.4. The van der Waals surface area contributed by atoms with Crippen LogP contribution >= 0.6 is 15.9 Å². The molecule has 6 nitrogen and oxygen atoms in total. The largest absolute Gasteiger partial charge is 0.507 e. The van der Waals surface area contributed by atoms with E-state index in [0.29, 0.717) is 11.3 Å². The number of hydrogen-bond donors (Lipinski definition) is 3. The van der Waals surface area contributed by atoms with Gasteiger partial charge in [-0.15, -0.1) is 0 Å². The number of nitrogens with two attached hydrogens (primary N) is 1. The molecule has 1 atom stereocenters. The molecule has 1 aliphatic rings. The minimum atomic E-state index is -0.283. The summed E-state index contributed by atoms with van der Waals surface area (Å²) in [5.74, 6) is 0.0404. The van der Waals surface area contributed by atoms with Gasteiger partial charge in [-0.1, -0.05) is 15.9 Å². The van der Waals surface area contributed by atoms with Crippen LogP contribution in [0.1, 0.15) is 18.9 Å². The van der Waals surface area contributed by atoms with E-state index in [1.165, 1.54) is 0 Å². The van der Waals surface area contributed by atoms with Crippen molar-refractivity contribution in [3.8, 4) is 17.0 Å². The molecule has 1 saturated heterocycles. The number of phenolic OH excluding ortho intramolecular Hbond substituents is 1. The number of piperidine rings is 1. The molecular weight excluding hydrogens is 348 g/mol. The highest BCUT2D eigenvalue weighted by Crippen LogP contribution is 2.31. The van der Waals surface area contributed by atoms with Crippen LogP contribution in [-0.2, 0) is 0 Å². The van der Waals surface area contributed by atoms with Gasteiger partial charge in [-0.25, -0.2) is 4.98 Å². The highest BCUT2D eigenvalue weighted by molar-refractivity contribution is 9.10. The quantitative estimate of drug-likeness (QED) is 0.756. The molecule has 0 saturated carbocycles. The van der Waals surface area contributed by atoms with Crippen LogP contribution in [0.2, 0.25) is 0 Å². The number of nitrogen functional groups attached to an aromatic ring is 1. The first-order chi connectivity index (χ1) is 10.6. The summed E-state index contributed by atoms with van der Waals surface area (Å²) in [7, 11) is 0. The summed E-state index contributed by atoms with van der Waals surface area (Å²) in [6.45, 7) is 1.70. The van der Waals surface area contributed by atoms with E-state index >= 15 is 0 Å². The van der Waals surface area contributed by atoms with Gasteiger partial charge >= 0.3 is 0 Å². The maximum atomic E-state index is 12.3. The standard InChI is InChI=1S/C15H17BrN4O2/c16-9-3-4-11(13(21)6-9)12-8-20(15(22)14(17)19-12)10-2-1-5-18-7-10/h3-4,6,8,10,18,21H,1-2,5,7H2,(H2,17,19). The topological polar surface area (TPSA) is 93.2 Å². The van der Waals surface area contributed by atoms with Crippen molar-refractivity contribution in [2.24, 2.45) is 0 Å². The van der Waals surface area contributed by atoms with Gasteiger partial charge < -0.3 is 20.7 Å². The smallest absolute Gasteiger partial charge is 0.293 e. The Morgan fingerprint density at radius 1 is 1.45 bits per heavy atom. The van der Waals surface area contributed by atoms with Crippen LogP contribution in [0.3, 0.4) is 0 Å². The third-order valence-electron chi connectivity index (χ3n) is 3.86. The van der Waals surface area contributed by atoms with Crippen LogP contribution in [0.4, 0.5) is 5.82 Å². The molecule has 116 valence electrons. The molecule has 1 aromatic heterocycles. The summed E-state index contributed by atoms with van der Waals surface area (Å²) in [5, 5.41) is 13.4. The van der Waals surface area contributed by atoms with Crippen molar-refractivity contribution in [2.75, 3.05) is 18.8 Å². The van der Waals surface area contributed by atoms with Crippen molar-refractivity contribution in [1.29, 1.82) is 0 Å². The molecular formula is C15H17BrN4O2. The van der Waals surface area contributed by atoms with Gasteiger partial charge in [0.2, 0.25) is 0 Å². The highest BCUT2D eigenvalue weighted by atomic mass is 79.9. The number of aromatic nitrogens is 2. The lowest BCUT2D eigenvalue weighted by Gasteiger charge is -2.25. The number of nitrogens with zero attached hydrogens (tertiary/aromatic N) is 2. The first-order valence-electron chi connectivity index (χ1n) is 7.14.